The van der Waals surface area contributed by atoms with Gasteiger partial charge >= 0.3 is 0 Å². The Morgan fingerprint density at radius 1 is 1.16 bits per heavy atom. The van der Waals surface area contributed by atoms with Crippen LogP contribution in [-0.2, 0) is 4.79 Å². The first kappa shape index (κ1) is 16.6. The van der Waals surface area contributed by atoms with Gasteiger partial charge in [0.1, 0.15) is 5.78 Å². The van der Waals surface area contributed by atoms with E-state index in [2.05, 4.69) is 51.8 Å². The van der Waals surface area contributed by atoms with Crippen molar-refractivity contribution in [3.8, 4) is 0 Å². The van der Waals surface area contributed by atoms with Crippen molar-refractivity contribution < 1.29 is 4.79 Å². The third-order valence-corrected chi connectivity index (χ3v) is 3.62. The SMILES string of the molecule is CC(C)(C)CCC(=O)C1CN(CCNC(C)(C)C)C1. The van der Waals surface area contributed by atoms with Crippen LogP contribution >= 0.6 is 0 Å². The van der Waals surface area contributed by atoms with Gasteiger partial charge in [-0.05, 0) is 32.6 Å². The molecule has 0 aromatic heterocycles. The number of hydrogen-bond donors (Lipinski definition) is 1. The van der Waals surface area contributed by atoms with Crippen molar-refractivity contribution in [1.29, 1.82) is 0 Å². The molecule has 0 atom stereocenters. The first-order valence-electron chi connectivity index (χ1n) is 7.57. The number of hydrogen-bond acceptors (Lipinski definition) is 3. The molecule has 1 fully saturated rings. The Labute approximate surface area is 119 Å². The lowest BCUT2D eigenvalue weighted by Gasteiger charge is -2.39. The molecule has 1 N–H and O–H groups in total. The second kappa shape index (κ2) is 6.36. The van der Waals surface area contributed by atoms with Crippen LogP contribution in [0.1, 0.15) is 54.4 Å². The molecule has 0 spiro atoms. The van der Waals surface area contributed by atoms with Gasteiger partial charge in [-0.2, -0.15) is 0 Å². The highest BCUT2D eigenvalue weighted by Gasteiger charge is 2.32. The number of carbonyl (C=O) groups is 1. The Balaban J connectivity index is 2.11. The van der Waals surface area contributed by atoms with Crippen LogP contribution in [0.25, 0.3) is 0 Å². The summed E-state index contributed by atoms with van der Waals surface area (Å²) in [7, 11) is 0. The normalized spacial score (nSPS) is 18.4. The van der Waals surface area contributed by atoms with Gasteiger partial charge in [0.05, 0.1) is 0 Å². The number of nitrogens with one attached hydrogen (secondary N) is 1. The van der Waals surface area contributed by atoms with Gasteiger partial charge in [-0.25, -0.2) is 0 Å². The van der Waals surface area contributed by atoms with Crippen LogP contribution in [0.2, 0.25) is 0 Å². The fourth-order valence-electron chi connectivity index (χ4n) is 2.25. The van der Waals surface area contributed by atoms with Crippen molar-refractivity contribution in [2.75, 3.05) is 26.2 Å². The molecule has 3 nitrogen and oxygen atoms in total. The van der Waals surface area contributed by atoms with E-state index in [-0.39, 0.29) is 11.0 Å². The Morgan fingerprint density at radius 3 is 2.21 bits per heavy atom. The Kier molecular flexibility index (Phi) is 5.57. The van der Waals surface area contributed by atoms with E-state index < -0.39 is 0 Å². The van der Waals surface area contributed by atoms with E-state index in [1.54, 1.807) is 0 Å². The van der Waals surface area contributed by atoms with Gasteiger partial charge in [-0.1, -0.05) is 20.8 Å². The highest BCUT2D eigenvalue weighted by atomic mass is 16.1. The Bertz CT molecular complexity index is 293. The van der Waals surface area contributed by atoms with Crippen LogP contribution < -0.4 is 5.32 Å². The molecule has 0 aromatic carbocycles. The summed E-state index contributed by atoms with van der Waals surface area (Å²) in [6.07, 6.45) is 1.76. The molecule has 0 bridgehead atoms. The minimum absolute atomic E-state index is 0.187. The molecule has 0 saturated carbocycles. The maximum absolute atomic E-state index is 12.0. The van der Waals surface area contributed by atoms with Crippen molar-refractivity contribution in [1.82, 2.24) is 10.2 Å². The molecule has 0 amide bonds. The second-order valence-corrected chi connectivity index (χ2v) is 8.16. The lowest BCUT2D eigenvalue weighted by molar-refractivity contribution is -0.128. The monoisotopic (exact) mass is 268 g/mol. The van der Waals surface area contributed by atoms with E-state index in [4.69, 9.17) is 0 Å². The van der Waals surface area contributed by atoms with Crippen LogP contribution in [0.5, 0.6) is 0 Å². The molecule has 0 radical (unpaired) electrons. The molecule has 1 saturated heterocycles. The average molecular weight is 268 g/mol. The van der Waals surface area contributed by atoms with Crippen LogP contribution in [0, 0.1) is 11.3 Å². The maximum atomic E-state index is 12.0. The number of carbonyl (C=O) groups excluding carboxylic acids is 1. The number of ketones is 1. The molecular formula is C16H32N2O. The summed E-state index contributed by atoms with van der Waals surface area (Å²) < 4.78 is 0. The Hall–Kier alpha value is -0.410. The third kappa shape index (κ3) is 7.07. The zero-order chi connectivity index (χ0) is 14.7. The minimum Gasteiger partial charge on any atom is -0.311 e. The van der Waals surface area contributed by atoms with E-state index in [9.17, 15) is 4.79 Å². The summed E-state index contributed by atoms with van der Waals surface area (Å²) in [5.74, 6) is 0.770. The zero-order valence-corrected chi connectivity index (χ0v) is 13.7. The molecule has 1 heterocycles. The van der Waals surface area contributed by atoms with Crippen molar-refractivity contribution in [2.24, 2.45) is 11.3 Å². The fourth-order valence-corrected chi connectivity index (χ4v) is 2.25. The molecule has 3 heteroatoms. The van der Waals surface area contributed by atoms with E-state index in [0.29, 0.717) is 11.7 Å². The smallest absolute Gasteiger partial charge is 0.138 e. The third-order valence-electron chi connectivity index (χ3n) is 3.62. The molecule has 1 aliphatic rings. The summed E-state index contributed by atoms with van der Waals surface area (Å²) in [4.78, 5) is 14.4. The van der Waals surface area contributed by atoms with E-state index in [1.165, 1.54) is 0 Å². The van der Waals surface area contributed by atoms with Crippen molar-refractivity contribution in [2.45, 2.75) is 59.9 Å². The van der Waals surface area contributed by atoms with Crippen molar-refractivity contribution in [3.63, 3.8) is 0 Å². The standard InChI is InChI=1S/C16H32N2O/c1-15(2,3)8-7-14(19)13-11-18(12-13)10-9-17-16(4,5)6/h13,17H,7-12H2,1-6H3. The first-order valence-corrected chi connectivity index (χ1v) is 7.57. The quantitative estimate of drug-likeness (QED) is 0.804. The van der Waals surface area contributed by atoms with Crippen molar-refractivity contribution in [3.05, 3.63) is 0 Å². The average Bonchev–Trinajstić information content (AvgIpc) is 2.15. The summed E-state index contributed by atoms with van der Waals surface area (Å²) >= 11 is 0. The predicted molar refractivity (Wildman–Crippen MR) is 81.4 cm³/mol. The molecule has 0 aromatic rings. The highest BCUT2D eigenvalue weighted by molar-refractivity contribution is 5.82. The fraction of sp³-hybridized carbons (Fsp3) is 0.938. The number of likely N-dealkylation sites (tertiary alicyclic amines) is 1. The van der Waals surface area contributed by atoms with Gasteiger partial charge < -0.3 is 10.2 Å². The van der Waals surface area contributed by atoms with Gasteiger partial charge in [0.25, 0.3) is 0 Å². The number of nitrogens with zero attached hydrogens (tertiary/aromatic N) is 1. The second-order valence-electron chi connectivity index (χ2n) is 8.16. The molecule has 1 rings (SSSR count). The zero-order valence-electron chi connectivity index (χ0n) is 13.7. The maximum Gasteiger partial charge on any atom is 0.138 e. The summed E-state index contributed by atoms with van der Waals surface area (Å²) in [6.45, 7) is 17.1. The summed E-state index contributed by atoms with van der Waals surface area (Å²) in [5.41, 5.74) is 0.461. The topological polar surface area (TPSA) is 32.3 Å². The van der Waals surface area contributed by atoms with Crippen LogP contribution in [0.4, 0.5) is 0 Å². The molecule has 1 aliphatic heterocycles. The van der Waals surface area contributed by atoms with Crippen molar-refractivity contribution >= 4 is 5.78 Å². The summed E-state index contributed by atoms with van der Waals surface area (Å²) in [5, 5.41) is 3.48. The predicted octanol–water partition coefficient (Wildman–Crippen LogP) is 2.70. The number of Topliss-reactive ketones (excluding diaryl/α,β-unsaturated/α-hetero) is 1. The first-order chi connectivity index (χ1) is 8.57. The van der Waals surface area contributed by atoms with Gasteiger partial charge in [0.15, 0.2) is 0 Å². The van der Waals surface area contributed by atoms with E-state index in [0.717, 1.165) is 39.0 Å². The molecular weight excluding hydrogens is 236 g/mol. The van der Waals surface area contributed by atoms with Gasteiger partial charge in [0, 0.05) is 44.1 Å². The summed E-state index contributed by atoms with van der Waals surface area (Å²) in [6, 6.07) is 0. The van der Waals surface area contributed by atoms with Gasteiger partial charge in [0.2, 0.25) is 0 Å². The molecule has 112 valence electrons. The lowest BCUT2D eigenvalue weighted by atomic mass is 9.85. The van der Waals surface area contributed by atoms with Gasteiger partial charge in [-0.3, -0.25) is 4.79 Å². The van der Waals surface area contributed by atoms with E-state index in [1.807, 2.05) is 0 Å². The van der Waals surface area contributed by atoms with Gasteiger partial charge in [-0.15, -0.1) is 0 Å². The largest absolute Gasteiger partial charge is 0.311 e. The number of rotatable bonds is 6. The minimum atomic E-state index is 0.187. The van der Waals surface area contributed by atoms with Crippen LogP contribution in [0.15, 0.2) is 0 Å². The molecule has 0 unspecified atom stereocenters. The molecule has 19 heavy (non-hydrogen) atoms. The Morgan fingerprint density at radius 2 is 1.74 bits per heavy atom. The highest BCUT2D eigenvalue weighted by Crippen LogP contribution is 2.24. The van der Waals surface area contributed by atoms with E-state index >= 15 is 0 Å². The van der Waals surface area contributed by atoms with Crippen LogP contribution in [-0.4, -0.2) is 42.4 Å². The molecule has 0 aliphatic carbocycles. The van der Waals surface area contributed by atoms with Crippen LogP contribution in [0.3, 0.4) is 0 Å². The lowest BCUT2D eigenvalue weighted by Crippen LogP contribution is -2.53.